The number of unbranched alkanes of at least 4 members (excludes halogenated alkanes) is 2. The van der Waals surface area contributed by atoms with Crippen molar-refractivity contribution in [2.24, 2.45) is 7.05 Å². The van der Waals surface area contributed by atoms with Crippen LogP contribution in [-0.4, -0.2) is 30.4 Å². The van der Waals surface area contributed by atoms with E-state index in [-0.39, 0.29) is 0 Å². The van der Waals surface area contributed by atoms with Crippen molar-refractivity contribution in [3.05, 3.63) is 78.9 Å². The molecule has 2 aromatic carbocycles. The second-order valence-electron chi connectivity index (χ2n) is 7.61. The standard InChI is InChI=1S/C25H28N4OS/c1-29-17-16-26-24(29)21(30)15-9-4-10-18-31-25-27-22(19-11-5-2-6-12-19)23(28-25)20-13-7-3-8-14-20/h2-3,5-8,11-14,16-17,21,30H,4,9-10,15,18H2,1H3,(H,27,28). The first-order chi connectivity index (χ1) is 15.2. The summed E-state index contributed by atoms with van der Waals surface area (Å²) >= 11 is 1.76. The molecule has 0 saturated carbocycles. The molecular formula is C25H28N4OS. The minimum absolute atomic E-state index is 0.486. The number of aliphatic hydroxyl groups excluding tert-OH is 1. The Morgan fingerprint density at radius 1 is 0.968 bits per heavy atom. The van der Waals surface area contributed by atoms with Crippen molar-refractivity contribution in [3.8, 4) is 22.5 Å². The van der Waals surface area contributed by atoms with Gasteiger partial charge in [-0.2, -0.15) is 0 Å². The summed E-state index contributed by atoms with van der Waals surface area (Å²) in [5.74, 6) is 1.74. The number of aryl methyl sites for hydroxylation is 1. The quantitative estimate of drug-likeness (QED) is 0.243. The molecule has 0 spiro atoms. The minimum atomic E-state index is -0.486. The zero-order chi connectivity index (χ0) is 21.5. The minimum Gasteiger partial charge on any atom is -0.385 e. The Balaban J connectivity index is 1.33. The van der Waals surface area contributed by atoms with Crippen LogP contribution in [0, 0.1) is 0 Å². The molecule has 1 atom stereocenters. The number of aromatic nitrogens is 4. The Morgan fingerprint density at radius 3 is 2.35 bits per heavy atom. The number of aromatic amines is 1. The molecule has 0 aliphatic carbocycles. The van der Waals surface area contributed by atoms with Crippen LogP contribution in [0.2, 0.25) is 0 Å². The smallest absolute Gasteiger partial charge is 0.166 e. The molecule has 4 aromatic rings. The van der Waals surface area contributed by atoms with Gasteiger partial charge in [0.05, 0.1) is 11.4 Å². The average Bonchev–Trinajstić information content (AvgIpc) is 3.43. The topological polar surface area (TPSA) is 66.7 Å². The molecule has 2 heterocycles. The molecule has 0 amide bonds. The predicted molar refractivity (Wildman–Crippen MR) is 127 cm³/mol. The van der Waals surface area contributed by atoms with Gasteiger partial charge in [0.15, 0.2) is 5.16 Å². The number of aliphatic hydroxyl groups is 1. The summed E-state index contributed by atoms with van der Waals surface area (Å²) in [4.78, 5) is 12.7. The van der Waals surface area contributed by atoms with E-state index in [1.165, 1.54) is 0 Å². The maximum absolute atomic E-state index is 10.3. The largest absolute Gasteiger partial charge is 0.385 e. The van der Waals surface area contributed by atoms with E-state index in [0.29, 0.717) is 0 Å². The molecule has 0 fully saturated rings. The number of thioether (sulfide) groups is 1. The van der Waals surface area contributed by atoms with Gasteiger partial charge in [0, 0.05) is 36.3 Å². The summed E-state index contributed by atoms with van der Waals surface area (Å²) in [5.41, 5.74) is 4.32. The van der Waals surface area contributed by atoms with E-state index in [1.807, 2.05) is 42.1 Å². The van der Waals surface area contributed by atoms with E-state index in [9.17, 15) is 5.11 Å². The van der Waals surface area contributed by atoms with Crippen molar-refractivity contribution in [1.29, 1.82) is 0 Å². The molecule has 0 radical (unpaired) electrons. The van der Waals surface area contributed by atoms with Crippen LogP contribution in [-0.2, 0) is 7.05 Å². The van der Waals surface area contributed by atoms with Gasteiger partial charge in [-0.15, -0.1) is 0 Å². The summed E-state index contributed by atoms with van der Waals surface area (Å²) < 4.78 is 1.88. The molecular weight excluding hydrogens is 404 g/mol. The second kappa shape index (κ2) is 10.5. The van der Waals surface area contributed by atoms with Crippen LogP contribution in [0.3, 0.4) is 0 Å². The summed E-state index contributed by atoms with van der Waals surface area (Å²) in [7, 11) is 1.92. The lowest BCUT2D eigenvalue weighted by molar-refractivity contribution is 0.151. The van der Waals surface area contributed by atoms with Crippen molar-refractivity contribution in [2.75, 3.05) is 5.75 Å². The zero-order valence-electron chi connectivity index (χ0n) is 17.7. The van der Waals surface area contributed by atoms with Crippen LogP contribution >= 0.6 is 11.8 Å². The third-order valence-corrected chi connectivity index (χ3v) is 6.27. The summed E-state index contributed by atoms with van der Waals surface area (Å²) in [6.45, 7) is 0. The van der Waals surface area contributed by atoms with E-state index in [1.54, 1.807) is 18.0 Å². The van der Waals surface area contributed by atoms with Crippen molar-refractivity contribution < 1.29 is 5.11 Å². The molecule has 160 valence electrons. The normalized spacial score (nSPS) is 12.2. The van der Waals surface area contributed by atoms with E-state index >= 15 is 0 Å². The first-order valence-electron chi connectivity index (χ1n) is 10.7. The van der Waals surface area contributed by atoms with Crippen LogP contribution in [0.1, 0.15) is 37.6 Å². The average molecular weight is 433 g/mol. The monoisotopic (exact) mass is 432 g/mol. The first-order valence-corrected chi connectivity index (χ1v) is 11.7. The fourth-order valence-electron chi connectivity index (χ4n) is 3.65. The van der Waals surface area contributed by atoms with E-state index in [0.717, 1.165) is 64.9 Å². The second-order valence-corrected chi connectivity index (χ2v) is 8.69. The predicted octanol–water partition coefficient (Wildman–Crippen LogP) is 5.86. The summed E-state index contributed by atoms with van der Waals surface area (Å²) in [6, 6.07) is 20.7. The lowest BCUT2D eigenvalue weighted by atomic mass is 10.1. The van der Waals surface area contributed by atoms with Crippen molar-refractivity contribution in [3.63, 3.8) is 0 Å². The molecule has 0 aliphatic rings. The van der Waals surface area contributed by atoms with Crippen LogP contribution in [0.5, 0.6) is 0 Å². The van der Waals surface area contributed by atoms with Crippen LogP contribution in [0.4, 0.5) is 0 Å². The Morgan fingerprint density at radius 2 is 1.68 bits per heavy atom. The lowest BCUT2D eigenvalue weighted by Crippen LogP contribution is -2.05. The third-order valence-electron chi connectivity index (χ3n) is 5.31. The van der Waals surface area contributed by atoms with Gasteiger partial charge in [-0.25, -0.2) is 9.97 Å². The number of nitrogens with zero attached hydrogens (tertiary/aromatic N) is 3. The van der Waals surface area contributed by atoms with Gasteiger partial charge in [0.2, 0.25) is 0 Å². The highest BCUT2D eigenvalue weighted by molar-refractivity contribution is 7.99. The van der Waals surface area contributed by atoms with Gasteiger partial charge in [-0.1, -0.05) is 85.3 Å². The molecule has 1 unspecified atom stereocenters. The highest BCUT2D eigenvalue weighted by atomic mass is 32.2. The van der Waals surface area contributed by atoms with Gasteiger partial charge in [0.1, 0.15) is 11.9 Å². The Hall–Kier alpha value is -2.83. The molecule has 0 saturated heterocycles. The molecule has 31 heavy (non-hydrogen) atoms. The van der Waals surface area contributed by atoms with E-state index in [4.69, 9.17) is 4.98 Å². The molecule has 0 bridgehead atoms. The van der Waals surface area contributed by atoms with Gasteiger partial charge in [-0.3, -0.25) is 0 Å². The summed E-state index contributed by atoms with van der Waals surface area (Å²) in [5, 5.41) is 11.2. The summed E-state index contributed by atoms with van der Waals surface area (Å²) in [6.07, 6.45) is 6.99. The Labute approximate surface area is 187 Å². The first kappa shape index (κ1) is 21.4. The fraction of sp³-hybridized carbons (Fsp3) is 0.280. The Bertz CT molecular complexity index is 1020. The van der Waals surface area contributed by atoms with Gasteiger partial charge in [0.25, 0.3) is 0 Å². The van der Waals surface area contributed by atoms with Gasteiger partial charge in [-0.05, 0) is 12.8 Å². The van der Waals surface area contributed by atoms with Crippen LogP contribution in [0.25, 0.3) is 22.5 Å². The third kappa shape index (κ3) is 5.46. The molecule has 6 heteroatoms. The van der Waals surface area contributed by atoms with E-state index < -0.39 is 6.10 Å². The molecule has 0 aliphatic heterocycles. The molecule has 2 aromatic heterocycles. The number of H-pyrrole nitrogens is 1. The molecule has 4 rings (SSSR count). The van der Waals surface area contributed by atoms with Crippen molar-refractivity contribution in [1.82, 2.24) is 19.5 Å². The maximum Gasteiger partial charge on any atom is 0.166 e. The van der Waals surface area contributed by atoms with Gasteiger partial charge >= 0.3 is 0 Å². The van der Waals surface area contributed by atoms with Crippen molar-refractivity contribution >= 4 is 11.8 Å². The number of hydrogen-bond acceptors (Lipinski definition) is 4. The lowest BCUT2D eigenvalue weighted by Gasteiger charge is -2.10. The number of rotatable bonds is 10. The number of imidazole rings is 2. The Kier molecular flexibility index (Phi) is 7.22. The fourth-order valence-corrected chi connectivity index (χ4v) is 4.52. The van der Waals surface area contributed by atoms with Gasteiger partial charge < -0.3 is 14.7 Å². The highest BCUT2D eigenvalue weighted by Crippen LogP contribution is 2.32. The number of benzene rings is 2. The molecule has 2 N–H and O–H groups in total. The SMILES string of the molecule is Cn1ccnc1C(O)CCCCCSc1nc(-c2ccccc2)c(-c2ccccc2)[nH]1. The van der Waals surface area contributed by atoms with Crippen molar-refractivity contribution in [2.45, 2.75) is 36.9 Å². The van der Waals surface area contributed by atoms with E-state index in [2.05, 4.69) is 46.4 Å². The highest BCUT2D eigenvalue weighted by Gasteiger charge is 2.14. The zero-order valence-corrected chi connectivity index (χ0v) is 18.6. The van der Waals surface area contributed by atoms with Crippen LogP contribution in [0.15, 0.2) is 78.2 Å². The maximum atomic E-state index is 10.3. The molecule has 5 nitrogen and oxygen atoms in total. The number of hydrogen-bond donors (Lipinski definition) is 2. The van der Waals surface area contributed by atoms with Crippen LogP contribution < -0.4 is 0 Å². The number of nitrogens with one attached hydrogen (secondary N) is 1.